The van der Waals surface area contributed by atoms with E-state index in [1.54, 1.807) is 33.0 Å². The van der Waals surface area contributed by atoms with Crippen molar-refractivity contribution in [3.63, 3.8) is 0 Å². The molecule has 1 aromatic rings. The molecule has 0 radical (unpaired) electrons. The number of thioether (sulfide) groups is 1. The number of halogens is 1. The summed E-state index contributed by atoms with van der Waals surface area (Å²) in [5.74, 6) is -0.285. The molecule has 0 heterocycles. The van der Waals surface area contributed by atoms with E-state index in [9.17, 15) is 14.3 Å². The molecular formula is C15H21FN2O2S. The number of benzene rings is 1. The molecule has 3 atom stereocenters. The molecule has 21 heavy (non-hydrogen) atoms. The van der Waals surface area contributed by atoms with Crippen LogP contribution in [0, 0.1) is 5.82 Å². The number of carbonyl (C=O) groups excluding carboxylic acids is 1. The number of rotatable bonds is 5. The smallest absolute Gasteiger partial charge is 0.157 e. The number of hydrogen-bond donors (Lipinski definition) is 2. The summed E-state index contributed by atoms with van der Waals surface area (Å²) in [6.45, 7) is 5.14. The maximum absolute atomic E-state index is 12.9. The quantitative estimate of drug-likeness (QED) is 0.498. The zero-order valence-corrected chi connectivity index (χ0v) is 13.4. The number of aliphatic imine (C=N–C) groups is 1. The summed E-state index contributed by atoms with van der Waals surface area (Å²) in [5.41, 5.74) is 0.906. The molecule has 0 fully saturated rings. The summed E-state index contributed by atoms with van der Waals surface area (Å²) >= 11 is 1.17. The normalized spacial score (nSPS) is 17.7. The third kappa shape index (κ3) is 4.82. The second kappa shape index (κ2) is 7.56. The van der Waals surface area contributed by atoms with E-state index in [2.05, 4.69) is 10.3 Å². The number of aliphatic hydroxyl groups is 1. The SMILES string of the molecule is CN=C(NC(C)c1ccc(F)cc1)S[C@](C)(C=O)C(C)O. The Morgan fingerprint density at radius 2 is 2.00 bits per heavy atom. The van der Waals surface area contributed by atoms with Crippen molar-refractivity contribution in [1.29, 1.82) is 0 Å². The van der Waals surface area contributed by atoms with Gasteiger partial charge in [0.2, 0.25) is 0 Å². The van der Waals surface area contributed by atoms with Crippen molar-refractivity contribution < 1.29 is 14.3 Å². The van der Waals surface area contributed by atoms with Crippen molar-refractivity contribution >= 4 is 23.2 Å². The van der Waals surface area contributed by atoms with E-state index < -0.39 is 10.9 Å². The van der Waals surface area contributed by atoms with Crippen LogP contribution in [0.4, 0.5) is 4.39 Å². The van der Waals surface area contributed by atoms with Crippen molar-refractivity contribution in [2.75, 3.05) is 7.05 Å². The molecule has 0 aliphatic heterocycles. The minimum absolute atomic E-state index is 0.0956. The van der Waals surface area contributed by atoms with Gasteiger partial charge >= 0.3 is 0 Å². The summed E-state index contributed by atoms with van der Waals surface area (Å²) in [7, 11) is 1.61. The minimum atomic E-state index is -0.968. The average molecular weight is 312 g/mol. The summed E-state index contributed by atoms with van der Waals surface area (Å²) in [4.78, 5) is 15.3. The van der Waals surface area contributed by atoms with E-state index in [0.717, 1.165) is 11.8 Å². The second-order valence-corrected chi connectivity index (χ2v) is 6.50. The maximum Gasteiger partial charge on any atom is 0.157 e. The molecule has 6 heteroatoms. The van der Waals surface area contributed by atoms with Crippen LogP contribution in [0.1, 0.15) is 32.4 Å². The molecule has 4 nitrogen and oxygen atoms in total. The van der Waals surface area contributed by atoms with Gasteiger partial charge in [0.1, 0.15) is 16.9 Å². The van der Waals surface area contributed by atoms with Gasteiger partial charge in [-0.1, -0.05) is 23.9 Å². The molecular weight excluding hydrogens is 291 g/mol. The number of carbonyl (C=O) groups is 1. The van der Waals surface area contributed by atoms with Gasteiger partial charge < -0.3 is 15.2 Å². The van der Waals surface area contributed by atoms with E-state index in [0.29, 0.717) is 5.17 Å². The van der Waals surface area contributed by atoms with Gasteiger partial charge in [0, 0.05) is 7.05 Å². The number of hydrogen-bond acceptors (Lipinski definition) is 4. The lowest BCUT2D eigenvalue weighted by Crippen LogP contribution is -2.39. The fraction of sp³-hybridized carbons (Fsp3) is 0.467. The van der Waals surface area contributed by atoms with E-state index >= 15 is 0 Å². The van der Waals surface area contributed by atoms with Crippen LogP contribution in [0.3, 0.4) is 0 Å². The predicted molar refractivity (Wildman–Crippen MR) is 85.1 cm³/mol. The van der Waals surface area contributed by atoms with Gasteiger partial charge in [-0.05, 0) is 38.5 Å². The zero-order valence-electron chi connectivity index (χ0n) is 12.6. The monoisotopic (exact) mass is 312 g/mol. The van der Waals surface area contributed by atoms with Crippen molar-refractivity contribution in [1.82, 2.24) is 5.32 Å². The first-order chi connectivity index (χ1) is 9.82. The fourth-order valence-electron chi connectivity index (χ4n) is 1.58. The van der Waals surface area contributed by atoms with Gasteiger partial charge in [0.05, 0.1) is 12.1 Å². The summed E-state index contributed by atoms with van der Waals surface area (Å²) in [6, 6.07) is 6.09. The highest BCUT2D eigenvalue weighted by atomic mass is 32.2. The van der Waals surface area contributed by atoms with Crippen LogP contribution in [-0.2, 0) is 4.79 Å². The molecule has 1 aromatic carbocycles. The molecule has 116 valence electrons. The van der Waals surface area contributed by atoms with Gasteiger partial charge in [-0.15, -0.1) is 0 Å². The molecule has 0 saturated carbocycles. The predicted octanol–water partition coefficient (Wildman–Crippen LogP) is 2.53. The van der Waals surface area contributed by atoms with Gasteiger partial charge in [-0.25, -0.2) is 4.39 Å². The highest BCUT2D eigenvalue weighted by molar-refractivity contribution is 8.15. The van der Waals surface area contributed by atoms with Crippen molar-refractivity contribution in [2.45, 2.75) is 37.7 Å². The molecule has 0 amide bonds. The van der Waals surface area contributed by atoms with Crippen LogP contribution in [-0.4, -0.2) is 34.5 Å². The zero-order chi connectivity index (χ0) is 16.0. The lowest BCUT2D eigenvalue weighted by Gasteiger charge is -2.27. The Morgan fingerprint density at radius 1 is 1.43 bits per heavy atom. The number of amidine groups is 1. The lowest BCUT2D eigenvalue weighted by molar-refractivity contribution is -0.111. The average Bonchev–Trinajstić information content (AvgIpc) is 2.46. The van der Waals surface area contributed by atoms with E-state index in [4.69, 9.17) is 0 Å². The first-order valence-electron chi connectivity index (χ1n) is 6.64. The first kappa shape index (κ1) is 17.7. The Bertz CT molecular complexity index is 505. The number of aldehydes is 1. The van der Waals surface area contributed by atoms with Crippen molar-refractivity contribution in [2.24, 2.45) is 4.99 Å². The van der Waals surface area contributed by atoms with E-state index in [1.165, 1.54) is 23.9 Å². The topological polar surface area (TPSA) is 61.7 Å². The van der Waals surface area contributed by atoms with Crippen LogP contribution in [0.5, 0.6) is 0 Å². The van der Waals surface area contributed by atoms with Crippen LogP contribution in [0.2, 0.25) is 0 Å². The van der Waals surface area contributed by atoms with Gasteiger partial charge in [-0.3, -0.25) is 4.99 Å². The maximum atomic E-state index is 12.9. The molecule has 2 unspecified atom stereocenters. The molecule has 0 spiro atoms. The standard InChI is InChI=1S/C15H21FN2O2S/c1-10(12-5-7-13(16)8-6-12)18-14(17-4)21-15(3,9-19)11(2)20/h5-11,20H,1-4H3,(H,17,18)/t10?,11?,15-/m1/s1. The molecule has 0 bridgehead atoms. The molecule has 0 aliphatic rings. The lowest BCUT2D eigenvalue weighted by atomic mass is 10.1. The van der Waals surface area contributed by atoms with Crippen LogP contribution >= 0.6 is 11.8 Å². The third-order valence-electron chi connectivity index (χ3n) is 3.29. The van der Waals surface area contributed by atoms with Gasteiger partial charge in [-0.2, -0.15) is 0 Å². The Balaban J connectivity index is 2.79. The van der Waals surface area contributed by atoms with Crippen molar-refractivity contribution in [3.8, 4) is 0 Å². The Morgan fingerprint density at radius 3 is 2.43 bits per heavy atom. The minimum Gasteiger partial charge on any atom is -0.392 e. The molecule has 0 saturated heterocycles. The van der Waals surface area contributed by atoms with Crippen LogP contribution in [0.25, 0.3) is 0 Å². The number of nitrogens with zero attached hydrogens (tertiary/aromatic N) is 1. The van der Waals surface area contributed by atoms with Crippen LogP contribution < -0.4 is 5.32 Å². The summed E-state index contributed by atoms with van der Waals surface area (Å²) < 4.78 is 12.0. The Kier molecular flexibility index (Phi) is 6.36. The molecule has 1 rings (SSSR count). The summed E-state index contributed by atoms with van der Waals surface area (Å²) in [5, 5.41) is 13.4. The first-order valence-corrected chi connectivity index (χ1v) is 7.46. The Labute approximate surface area is 128 Å². The highest BCUT2D eigenvalue weighted by Gasteiger charge is 2.32. The Hall–Kier alpha value is -1.40. The van der Waals surface area contributed by atoms with Crippen LogP contribution in [0.15, 0.2) is 29.3 Å². The van der Waals surface area contributed by atoms with Gasteiger partial charge in [0.15, 0.2) is 5.17 Å². The third-order valence-corrected chi connectivity index (χ3v) is 4.66. The highest BCUT2D eigenvalue weighted by Crippen LogP contribution is 2.28. The molecule has 0 aliphatic carbocycles. The van der Waals surface area contributed by atoms with E-state index in [1.807, 2.05) is 6.92 Å². The van der Waals surface area contributed by atoms with Gasteiger partial charge in [0.25, 0.3) is 0 Å². The summed E-state index contributed by atoms with van der Waals surface area (Å²) in [6.07, 6.45) is -0.0859. The number of nitrogens with one attached hydrogen (secondary N) is 1. The van der Waals surface area contributed by atoms with Crippen molar-refractivity contribution in [3.05, 3.63) is 35.6 Å². The van der Waals surface area contributed by atoms with E-state index in [-0.39, 0.29) is 11.9 Å². The fourth-order valence-corrected chi connectivity index (χ4v) is 2.54. The molecule has 2 N–H and O–H groups in total. The molecule has 0 aromatic heterocycles. The largest absolute Gasteiger partial charge is 0.392 e. The second-order valence-electron chi connectivity index (χ2n) is 5.03. The number of aliphatic hydroxyl groups excluding tert-OH is 1.